The fraction of sp³-hybridized carbons (Fsp3) is 1.00. The van der Waals surface area contributed by atoms with E-state index < -0.39 is 9.05 Å². The summed E-state index contributed by atoms with van der Waals surface area (Å²) in [5, 5.41) is 0. The van der Waals surface area contributed by atoms with Gasteiger partial charge in [-0.3, -0.25) is 0 Å². The molecule has 1 aliphatic carbocycles. The molecule has 1 fully saturated rings. The molecule has 0 spiro atoms. The molecule has 5 heteroatoms. The van der Waals surface area contributed by atoms with E-state index in [2.05, 4.69) is 6.92 Å². The van der Waals surface area contributed by atoms with Crippen LogP contribution < -0.4 is 0 Å². The summed E-state index contributed by atoms with van der Waals surface area (Å²) in [5.41, 5.74) is 0. The third-order valence-corrected chi connectivity index (χ3v) is 3.72. The van der Waals surface area contributed by atoms with Crippen LogP contribution in [0, 0.1) is 11.8 Å². The lowest BCUT2D eigenvalue weighted by molar-refractivity contribution is 0.0988. The van der Waals surface area contributed by atoms with Gasteiger partial charge in [-0.1, -0.05) is 6.92 Å². The quantitative estimate of drug-likeness (QED) is 0.505. The minimum absolute atomic E-state index is 0.00631. The first kappa shape index (κ1) is 12.3. The summed E-state index contributed by atoms with van der Waals surface area (Å²) in [6.07, 6.45) is 3.13. The van der Waals surface area contributed by atoms with Gasteiger partial charge < -0.3 is 4.74 Å². The van der Waals surface area contributed by atoms with Crippen molar-refractivity contribution in [3.8, 4) is 0 Å². The molecule has 84 valence electrons. The van der Waals surface area contributed by atoms with Crippen LogP contribution in [-0.4, -0.2) is 27.4 Å². The van der Waals surface area contributed by atoms with Gasteiger partial charge in [-0.25, -0.2) is 8.42 Å². The van der Waals surface area contributed by atoms with E-state index in [-0.39, 0.29) is 5.75 Å². The molecule has 0 aromatic carbocycles. The van der Waals surface area contributed by atoms with Gasteiger partial charge in [-0.05, 0) is 31.1 Å². The fourth-order valence-corrected chi connectivity index (χ4v) is 2.19. The molecular weight excluding hydrogens is 224 g/mol. The molecule has 0 saturated heterocycles. The molecule has 0 bridgehead atoms. The van der Waals surface area contributed by atoms with Crippen LogP contribution in [0.1, 0.15) is 26.2 Å². The van der Waals surface area contributed by atoms with Gasteiger partial charge >= 0.3 is 0 Å². The van der Waals surface area contributed by atoms with Crippen molar-refractivity contribution in [3.05, 3.63) is 0 Å². The third kappa shape index (κ3) is 5.83. The van der Waals surface area contributed by atoms with Crippen molar-refractivity contribution in [2.45, 2.75) is 26.2 Å². The third-order valence-electron chi connectivity index (χ3n) is 2.48. The second-order valence-electron chi connectivity index (χ2n) is 3.99. The second-order valence-corrected chi connectivity index (χ2v) is 6.88. The molecule has 0 radical (unpaired) electrons. The maximum atomic E-state index is 10.6. The molecule has 0 aromatic rings. The summed E-state index contributed by atoms with van der Waals surface area (Å²) >= 11 is 0. The number of hydrogen-bond donors (Lipinski definition) is 0. The minimum Gasteiger partial charge on any atom is -0.381 e. The average Bonchev–Trinajstić information content (AvgIpc) is 2.83. The van der Waals surface area contributed by atoms with E-state index in [0.29, 0.717) is 18.9 Å². The second kappa shape index (κ2) is 5.33. The number of halogens is 1. The Labute approximate surface area is 90.2 Å². The molecule has 0 aromatic heterocycles. The Kier molecular flexibility index (Phi) is 4.67. The Balaban J connectivity index is 1.93. The average molecular weight is 241 g/mol. The lowest BCUT2D eigenvalue weighted by Gasteiger charge is -2.09. The molecule has 14 heavy (non-hydrogen) atoms. The predicted octanol–water partition coefficient (Wildman–Crippen LogP) is 2.01. The van der Waals surface area contributed by atoms with Crippen LogP contribution in [0.2, 0.25) is 0 Å². The summed E-state index contributed by atoms with van der Waals surface area (Å²) in [4.78, 5) is 0. The van der Waals surface area contributed by atoms with Crippen molar-refractivity contribution < 1.29 is 13.2 Å². The monoisotopic (exact) mass is 240 g/mol. The Bertz CT molecular complexity index is 259. The van der Waals surface area contributed by atoms with Crippen LogP contribution in [0.4, 0.5) is 0 Å². The lowest BCUT2D eigenvalue weighted by Crippen LogP contribution is -2.10. The van der Waals surface area contributed by atoms with Gasteiger partial charge in [0.25, 0.3) is 0 Å². The van der Waals surface area contributed by atoms with E-state index in [1.54, 1.807) is 0 Å². The van der Waals surface area contributed by atoms with E-state index in [0.717, 1.165) is 12.5 Å². The molecule has 3 nitrogen and oxygen atoms in total. The van der Waals surface area contributed by atoms with Gasteiger partial charge in [0.2, 0.25) is 9.05 Å². The van der Waals surface area contributed by atoms with Gasteiger partial charge in [0.15, 0.2) is 0 Å². The maximum absolute atomic E-state index is 10.6. The highest BCUT2D eigenvalue weighted by atomic mass is 35.7. The number of ether oxygens (including phenoxy) is 1. The molecular formula is C9H17ClO3S. The van der Waals surface area contributed by atoms with Crippen LogP contribution >= 0.6 is 10.7 Å². The fourth-order valence-electron chi connectivity index (χ4n) is 1.40. The summed E-state index contributed by atoms with van der Waals surface area (Å²) in [6, 6.07) is 0. The molecule has 1 saturated carbocycles. The van der Waals surface area contributed by atoms with Gasteiger partial charge in [0, 0.05) is 23.9 Å². The van der Waals surface area contributed by atoms with E-state index in [1.807, 2.05) is 0 Å². The van der Waals surface area contributed by atoms with Crippen molar-refractivity contribution in [2.75, 3.05) is 19.0 Å². The Hall–Kier alpha value is 0.200. The van der Waals surface area contributed by atoms with Crippen LogP contribution in [0.25, 0.3) is 0 Å². The molecule has 0 N–H and O–H groups in total. The van der Waals surface area contributed by atoms with E-state index >= 15 is 0 Å². The van der Waals surface area contributed by atoms with E-state index in [4.69, 9.17) is 15.4 Å². The molecule has 0 heterocycles. The first-order valence-corrected chi connectivity index (χ1v) is 7.47. The van der Waals surface area contributed by atoms with Gasteiger partial charge in [0.1, 0.15) is 0 Å². The highest BCUT2D eigenvalue weighted by Gasteiger charge is 2.27. The van der Waals surface area contributed by atoms with Crippen molar-refractivity contribution in [3.63, 3.8) is 0 Å². The van der Waals surface area contributed by atoms with Gasteiger partial charge in [-0.15, -0.1) is 0 Å². The summed E-state index contributed by atoms with van der Waals surface area (Å²) in [7, 11) is 1.72. The molecule has 1 unspecified atom stereocenters. The summed E-state index contributed by atoms with van der Waals surface area (Å²) in [6.45, 7) is 3.41. The first-order valence-electron chi connectivity index (χ1n) is 4.99. The summed E-state index contributed by atoms with van der Waals surface area (Å²) in [5.74, 6) is 1.46. The topological polar surface area (TPSA) is 43.4 Å². The number of rotatable bonds is 7. The highest BCUT2D eigenvalue weighted by molar-refractivity contribution is 8.13. The minimum atomic E-state index is -3.34. The van der Waals surface area contributed by atoms with Crippen LogP contribution in [0.15, 0.2) is 0 Å². The number of hydrogen-bond acceptors (Lipinski definition) is 3. The normalized spacial score (nSPS) is 19.6. The van der Waals surface area contributed by atoms with Crippen molar-refractivity contribution in [2.24, 2.45) is 11.8 Å². The van der Waals surface area contributed by atoms with Gasteiger partial charge in [0.05, 0.1) is 5.75 Å². The SMILES string of the molecule is CC(COCCCS(=O)(=O)Cl)C1CC1. The predicted molar refractivity (Wildman–Crippen MR) is 57.0 cm³/mol. The highest BCUT2D eigenvalue weighted by Crippen LogP contribution is 2.36. The maximum Gasteiger partial charge on any atom is 0.232 e. The largest absolute Gasteiger partial charge is 0.381 e. The van der Waals surface area contributed by atoms with Crippen molar-refractivity contribution in [1.29, 1.82) is 0 Å². The zero-order valence-electron chi connectivity index (χ0n) is 8.41. The Morgan fingerprint density at radius 1 is 1.50 bits per heavy atom. The van der Waals surface area contributed by atoms with E-state index in [1.165, 1.54) is 12.8 Å². The smallest absolute Gasteiger partial charge is 0.232 e. The van der Waals surface area contributed by atoms with Crippen molar-refractivity contribution in [1.82, 2.24) is 0 Å². The zero-order valence-corrected chi connectivity index (χ0v) is 9.98. The summed E-state index contributed by atoms with van der Waals surface area (Å²) < 4.78 is 26.5. The van der Waals surface area contributed by atoms with Gasteiger partial charge in [-0.2, -0.15) is 0 Å². The Morgan fingerprint density at radius 3 is 2.64 bits per heavy atom. The molecule has 0 amide bonds. The molecule has 1 atom stereocenters. The van der Waals surface area contributed by atoms with Crippen LogP contribution in [0.5, 0.6) is 0 Å². The first-order chi connectivity index (χ1) is 6.49. The zero-order chi connectivity index (χ0) is 10.6. The molecule has 1 aliphatic rings. The molecule has 1 rings (SSSR count). The standard InChI is InChI=1S/C9H17ClO3S/c1-8(9-3-4-9)7-13-5-2-6-14(10,11)12/h8-9H,2-7H2,1H3. The Morgan fingerprint density at radius 2 is 2.14 bits per heavy atom. The molecule has 0 aliphatic heterocycles. The van der Waals surface area contributed by atoms with Crippen LogP contribution in [0.3, 0.4) is 0 Å². The van der Waals surface area contributed by atoms with Crippen LogP contribution in [-0.2, 0) is 13.8 Å². The lowest BCUT2D eigenvalue weighted by atomic mass is 10.1. The van der Waals surface area contributed by atoms with Crippen molar-refractivity contribution >= 4 is 19.7 Å². The van der Waals surface area contributed by atoms with E-state index in [9.17, 15) is 8.42 Å².